The maximum atomic E-state index is 13.1. The van der Waals surface area contributed by atoms with E-state index >= 15 is 0 Å². The molecule has 5 nitrogen and oxygen atoms in total. The standard InChI is InChI=1S/C23H27ClN2O3S/c1-15(16-8-6-5-7-9-16)25-20(27)19-14-30-21(17-10-12-18(24)13-11-17)26(19)22(28)29-23(2,3)4/h5-13,15,19,21H,14H2,1-4H3,(H,25,27)/t15-,19+,21-/m0/s1. The summed E-state index contributed by atoms with van der Waals surface area (Å²) in [6, 6.07) is 16.3. The van der Waals surface area contributed by atoms with E-state index in [1.165, 1.54) is 0 Å². The van der Waals surface area contributed by atoms with Crippen LogP contribution in [-0.2, 0) is 9.53 Å². The van der Waals surface area contributed by atoms with Crippen molar-refractivity contribution in [2.75, 3.05) is 5.75 Å². The van der Waals surface area contributed by atoms with Crippen molar-refractivity contribution in [2.45, 2.75) is 50.8 Å². The van der Waals surface area contributed by atoms with Crippen LogP contribution >= 0.6 is 23.4 Å². The van der Waals surface area contributed by atoms with Crippen LogP contribution < -0.4 is 5.32 Å². The lowest BCUT2D eigenvalue weighted by Gasteiger charge is -2.32. The zero-order chi connectivity index (χ0) is 21.9. The maximum absolute atomic E-state index is 13.1. The van der Waals surface area contributed by atoms with Crippen LogP contribution in [0.5, 0.6) is 0 Å². The number of thioether (sulfide) groups is 1. The van der Waals surface area contributed by atoms with E-state index in [1.54, 1.807) is 28.8 Å². The van der Waals surface area contributed by atoms with Crippen LogP contribution in [0.15, 0.2) is 54.6 Å². The molecular formula is C23H27ClN2O3S. The number of ether oxygens (including phenoxy) is 1. The number of hydrogen-bond acceptors (Lipinski definition) is 4. The molecule has 3 atom stereocenters. The minimum absolute atomic E-state index is 0.168. The normalized spacial score (nSPS) is 20.0. The Morgan fingerprint density at radius 1 is 1.13 bits per heavy atom. The van der Waals surface area contributed by atoms with E-state index in [0.717, 1.165) is 11.1 Å². The van der Waals surface area contributed by atoms with Crippen LogP contribution in [0.1, 0.15) is 50.2 Å². The highest BCUT2D eigenvalue weighted by Gasteiger charge is 2.44. The van der Waals surface area contributed by atoms with Gasteiger partial charge in [-0.2, -0.15) is 0 Å². The minimum Gasteiger partial charge on any atom is -0.444 e. The van der Waals surface area contributed by atoms with Gasteiger partial charge in [0.15, 0.2) is 0 Å². The Balaban J connectivity index is 1.83. The molecule has 1 fully saturated rings. The summed E-state index contributed by atoms with van der Waals surface area (Å²) in [5.41, 5.74) is 1.25. The quantitative estimate of drug-likeness (QED) is 0.667. The lowest BCUT2D eigenvalue weighted by molar-refractivity contribution is -0.126. The number of carbonyl (C=O) groups excluding carboxylic acids is 2. The smallest absolute Gasteiger partial charge is 0.412 e. The Kier molecular flexibility index (Phi) is 6.98. The van der Waals surface area contributed by atoms with Crippen molar-refractivity contribution in [1.29, 1.82) is 0 Å². The topological polar surface area (TPSA) is 58.6 Å². The minimum atomic E-state index is -0.659. The number of nitrogens with one attached hydrogen (secondary N) is 1. The molecule has 2 aromatic rings. The van der Waals surface area contributed by atoms with Gasteiger partial charge >= 0.3 is 6.09 Å². The van der Waals surface area contributed by atoms with Gasteiger partial charge in [-0.15, -0.1) is 11.8 Å². The van der Waals surface area contributed by atoms with Gasteiger partial charge in [0, 0.05) is 10.8 Å². The molecular weight excluding hydrogens is 420 g/mol. The van der Waals surface area contributed by atoms with Crippen molar-refractivity contribution in [3.63, 3.8) is 0 Å². The lowest BCUT2D eigenvalue weighted by atomic mass is 10.1. The molecule has 3 rings (SSSR count). The summed E-state index contributed by atoms with van der Waals surface area (Å²) in [7, 11) is 0. The second kappa shape index (κ2) is 9.31. The third-order valence-corrected chi connectivity index (χ3v) is 6.30. The number of carbonyl (C=O) groups is 2. The fourth-order valence-corrected chi connectivity index (χ4v) is 4.81. The monoisotopic (exact) mass is 446 g/mol. The van der Waals surface area contributed by atoms with Crippen molar-refractivity contribution in [3.05, 3.63) is 70.7 Å². The van der Waals surface area contributed by atoms with E-state index in [-0.39, 0.29) is 17.3 Å². The van der Waals surface area contributed by atoms with Gasteiger partial charge in [0.25, 0.3) is 0 Å². The molecule has 0 bridgehead atoms. The van der Waals surface area contributed by atoms with E-state index in [0.29, 0.717) is 10.8 Å². The van der Waals surface area contributed by atoms with E-state index in [9.17, 15) is 9.59 Å². The van der Waals surface area contributed by atoms with Crippen LogP contribution in [0, 0.1) is 0 Å². The molecule has 0 saturated carbocycles. The second-order valence-corrected chi connectivity index (χ2v) is 9.83. The summed E-state index contributed by atoms with van der Waals surface area (Å²) in [5.74, 6) is 0.293. The summed E-state index contributed by atoms with van der Waals surface area (Å²) in [4.78, 5) is 27.8. The summed E-state index contributed by atoms with van der Waals surface area (Å²) in [6.45, 7) is 7.39. The zero-order valence-corrected chi connectivity index (χ0v) is 19.2. The molecule has 0 radical (unpaired) electrons. The van der Waals surface area contributed by atoms with Crippen molar-refractivity contribution in [2.24, 2.45) is 0 Å². The average Bonchev–Trinajstić information content (AvgIpc) is 3.13. The Bertz CT molecular complexity index is 884. The Labute approximate surface area is 187 Å². The van der Waals surface area contributed by atoms with Gasteiger partial charge in [0.2, 0.25) is 5.91 Å². The SMILES string of the molecule is C[C@H](NC(=O)[C@H]1CS[C@@H](c2ccc(Cl)cc2)N1C(=O)OC(C)(C)C)c1ccccc1. The van der Waals surface area contributed by atoms with Crippen molar-refractivity contribution in [1.82, 2.24) is 10.2 Å². The largest absolute Gasteiger partial charge is 0.444 e. The molecule has 1 saturated heterocycles. The first-order chi connectivity index (χ1) is 14.2. The molecule has 0 spiro atoms. The number of amides is 2. The van der Waals surface area contributed by atoms with E-state index in [2.05, 4.69) is 5.32 Å². The van der Waals surface area contributed by atoms with Crippen LogP contribution in [0.2, 0.25) is 5.02 Å². The highest BCUT2D eigenvalue weighted by atomic mass is 35.5. The molecule has 1 N–H and O–H groups in total. The molecule has 0 unspecified atom stereocenters. The van der Waals surface area contributed by atoms with Crippen LogP contribution in [0.25, 0.3) is 0 Å². The molecule has 0 aromatic heterocycles. The molecule has 2 aromatic carbocycles. The van der Waals surface area contributed by atoms with E-state index in [4.69, 9.17) is 16.3 Å². The number of rotatable bonds is 4. The van der Waals surface area contributed by atoms with Gasteiger partial charge < -0.3 is 10.1 Å². The first kappa shape index (κ1) is 22.5. The summed E-state index contributed by atoms with van der Waals surface area (Å²) in [5, 5.41) is 3.35. The summed E-state index contributed by atoms with van der Waals surface area (Å²) >= 11 is 7.57. The van der Waals surface area contributed by atoms with Crippen LogP contribution in [0.3, 0.4) is 0 Å². The predicted molar refractivity (Wildman–Crippen MR) is 122 cm³/mol. The molecule has 1 aliphatic rings. The van der Waals surface area contributed by atoms with Gasteiger partial charge in [0.05, 0.1) is 6.04 Å². The van der Waals surface area contributed by atoms with Crippen molar-refractivity contribution >= 4 is 35.4 Å². The molecule has 2 amide bonds. The number of halogens is 1. The average molecular weight is 447 g/mol. The summed E-state index contributed by atoms with van der Waals surface area (Å²) < 4.78 is 5.63. The molecule has 0 aliphatic carbocycles. The van der Waals surface area contributed by atoms with Gasteiger partial charge in [0.1, 0.15) is 17.0 Å². The Morgan fingerprint density at radius 3 is 2.37 bits per heavy atom. The number of hydrogen-bond donors (Lipinski definition) is 1. The number of benzene rings is 2. The first-order valence-electron chi connectivity index (χ1n) is 9.89. The number of nitrogens with zero attached hydrogens (tertiary/aromatic N) is 1. The predicted octanol–water partition coefficient (Wildman–Crippen LogP) is 5.57. The van der Waals surface area contributed by atoms with Crippen molar-refractivity contribution in [3.8, 4) is 0 Å². The third-order valence-electron chi connectivity index (χ3n) is 4.72. The fraction of sp³-hybridized carbons (Fsp3) is 0.391. The molecule has 30 heavy (non-hydrogen) atoms. The van der Waals surface area contributed by atoms with Crippen LogP contribution in [0.4, 0.5) is 4.79 Å². The third kappa shape index (κ3) is 5.49. The van der Waals surface area contributed by atoms with E-state index < -0.39 is 17.7 Å². The molecule has 1 heterocycles. The Morgan fingerprint density at radius 2 is 1.77 bits per heavy atom. The second-order valence-electron chi connectivity index (χ2n) is 8.28. The van der Waals surface area contributed by atoms with Gasteiger partial charge in [-0.25, -0.2) is 4.79 Å². The highest BCUT2D eigenvalue weighted by Crippen LogP contribution is 2.42. The van der Waals surface area contributed by atoms with E-state index in [1.807, 2.05) is 70.2 Å². The molecule has 7 heteroatoms. The van der Waals surface area contributed by atoms with Gasteiger partial charge in [-0.3, -0.25) is 9.69 Å². The van der Waals surface area contributed by atoms with Gasteiger partial charge in [-0.1, -0.05) is 54.1 Å². The van der Waals surface area contributed by atoms with Crippen molar-refractivity contribution < 1.29 is 14.3 Å². The van der Waals surface area contributed by atoms with Gasteiger partial charge in [-0.05, 0) is 51.0 Å². The Hall–Kier alpha value is -2.18. The summed E-state index contributed by atoms with van der Waals surface area (Å²) in [6.07, 6.45) is -0.500. The highest BCUT2D eigenvalue weighted by molar-refractivity contribution is 7.99. The van der Waals surface area contributed by atoms with Crippen LogP contribution in [-0.4, -0.2) is 34.3 Å². The fourth-order valence-electron chi connectivity index (χ4n) is 3.26. The zero-order valence-electron chi connectivity index (χ0n) is 17.6. The first-order valence-corrected chi connectivity index (χ1v) is 11.3. The maximum Gasteiger partial charge on any atom is 0.412 e. The molecule has 1 aliphatic heterocycles. The molecule has 160 valence electrons. The lowest BCUT2D eigenvalue weighted by Crippen LogP contribution is -2.49.